The van der Waals surface area contributed by atoms with Crippen molar-refractivity contribution in [1.82, 2.24) is 9.97 Å². The van der Waals surface area contributed by atoms with Gasteiger partial charge in [0.15, 0.2) is 5.82 Å². The van der Waals surface area contributed by atoms with Crippen LogP contribution in [-0.2, 0) is 10.4 Å². The van der Waals surface area contributed by atoms with Gasteiger partial charge in [-0.2, -0.15) is 13.4 Å². The molecule has 3 atom stereocenters. The molecule has 1 aromatic heterocycles. The Morgan fingerprint density at radius 1 is 1.36 bits per heavy atom. The first kappa shape index (κ1) is 18.1. The van der Waals surface area contributed by atoms with E-state index in [1.165, 1.54) is 6.92 Å². The molecule has 0 radical (unpaired) electrons. The van der Waals surface area contributed by atoms with Gasteiger partial charge in [-0.05, 0) is 6.92 Å². The molecule has 12 nitrogen and oxygen atoms in total. The second kappa shape index (κ2) is 6.89. The molecular formula is C9H17N5O7S. The van der Waals surface area contributed by atoms with E-state index in [-0.39, 0.29) is 11.6 Å². The number of fused-ring (bicyclic) bond motifs is 1. The molecule has 0 aromatic carbocycles. The number of aliphatic hydroxyl groups is 2. The molecule has 22 heavy (non-hydrogen) atoms. The molecule has 0 amide bonds. The van der Waals surface area contributed by atoms with E-state index in [0.29, 0.717) is 12.4 Å². The van der Waals surface area contributed by atoms with Gasteiger partial charge in [0.25, 0.3) is 5.56 Å². The number of anilines is 3. The van der Waals surface area contributed by atoms with Crippen LogP contribution in [0.5, 0.6) is 0 Å². The number of hydrogen-bond donors (Lipinski definition) is 8. The van der Waals surface area contributed by atoms with Gasteiger partial charge in [-0.15, -0.1) is 0 Å². The van der Waals surface area contributed by atoms with Gasteiger partial charge in [-0.3, -0.25) is 18.9 Å². The first-order valence-corrected chi connectivity index (χ1v) is 7.35. The van der Waals surface area contributed by atoms with Crippen LogP contribution < -0.4 is 21.9 Å². The largest absolute Gasteiger partial charge is 0.394 e. The van der Waals surface area contributed by atoms with Crippen LogP contribution in [-0.4, -0.2) is 62.5 Å². The lowest BCUT2D eigenvalue weighted by Crippen LogP contribution is -2.48. The fourth-order valence-electron chi connectivity index (χ4n) is 1.74. The topological polar surface area (TPSA) is 211 Å². The summed E-state index contributed by atoms with van der Waals surface area (Å²) in [7, 11) is -4.67. The van der Waals surface area contributed by atoms with Crippen molar-refractivity contribution in [3.8, 4) is 0 Å². The summed E-state index contributed by atoms with van der Waals surface area (Å²) in [5, 5.41) is 24.7. The van der Waals surface area contributed by atoms with Gasteiger partial charge in [-0.25, -0.2) is 0 Å². The van der Waals surface area contributed by atoms with Crippen molar-refractivity contribution in [2.24, 2.45) is 0 Å². The molecule has 1 aliphatic heterocycles. The Morgan fingerprint density at radius 2 is 1.91 bits per heavy atom. The third-order valence-corrected chi connectivity index (χ3v) is 2.66. The van der Waals surface area contributed by atoms with Crippen molar-refractivity contribution in [2.75, 3.05) is 22.9 Å². The summed E-state index contributed by atoms with van der Waals surface area (Å²) in [5.74, 6) is 0.373. The molecule has 2 unspecified atom stereocenters. The molecule has 0 saturated heterocycles. The second-order valence-electron chi connectivity index (χ2n) is 4.49. The molecule has 126 valence electrons. The quantitative estimate of drug-likeness (QED) is 0.267. The average Bonchev–Trinajstić information content (AvgIpc) is 2.35. The zero-order chi connectivity index (χ0) is 17.1. The van der Waals surface area contributed by atoms with Gasteiger partial charge < -0.3 is 26.6 Å². The maximum atomic E-state index is 11.6. The molecule has 0 spiro atoms. The Bertz CT molecular complexity index is 665. The second-order valence-corrected chi connectivity index (χ2v) is 5.38. The van der Waals surface area contributed by atoms with Gasteiger partial charge in [-0.1, -0.05) is 0 Å². The minimum atomic E-state index is -4.67. The maximum absolute atomic E-state index is 11.6. The summed E-state index contributed by atoms with van der Waals surface area (Å²) in [6.07, 6.45) is -1.87. The highest BCUT2D eigenvalue weighted by Crippen LogP contribution is 2.21. The SMILES string of the molecule is CC(O)C(O)[C@H]1CNc2nc(N)[nH]c(=O)c2N1.O=S(=O)(O)O. The van der Waals surface area contributed by atoms with E-state index in [1.807, 2.05) is 0 Å². The molecule has 1 aliphatic rings. The number of aromatic nitrogens is 2. The molecule has 9 N–H and O–H groups in total. The summed E-state index contributed by atoms with van der Waals surface area (Å²) < 4.78 is 31.6. The molecule has 0 fully saturated rings. The molecular weight excluding hydrogens is 322 g/mol. The molecule has 2 heterocycles. The highest BCUT2D eigenvalue weighted by atomic mass is 32.3. The number of nitrogens with zero attached hydrogens (tertiary/aromatic N) is 1. The monoisotopic (exact) mass is 339 g/mol. The zero-order valence-electron chi connectivity index (χ0n) is 11.4. The number of H-pyrrole nitrogens is 1. The number of nitrogens with two attached hydrogens (primary N) is 1. The van der Waals surface area contributed by atoms with Crippen LogP contribution in [0.2, 0.25) is 0 Å². The van der Waals surface area contributed by atoms with Crippen molar-refractivity contribution in [3.63, 3.8) is 0 Å². The van der Waals surface area contributed by atoms with Crippen molar-refractivity contribution in [3.05, 3.63) is 10.4 Å². The summed E-state index contributed by atoms with van der Waals surface area (Å²) >= 11 is 0. The smallest absolute Gasteiger partial charge is 0.391 e. The number of aromatic amines is 1. The van der Waals surface area contributed by atoms with Gasteiger partial charge in [0.2, 0.25) is 5.95 Å². The summed E-state index contributed by atoms with van der Waals surface area (Å²) in [4.78, 5) is 17.9. The fraction of sp³-hybridized carbons (Fsp3) is 0.556. The summed E-state index contributed by atoms with van der Waals surface area (Å²) in [6.45, 7) is 1.82. The van der Waals surface area contributed by atoms with E-state index in [1.54, 1.807) is 0 Å². The Hall–Kier alpha value is -1.93. The third kappa shape index (κ3) is 5.45. The van der Waals surface area contributed by atoms with Crippen LogP contribution >= 0.6 is 0 Å². The van der Waals surface area contributed by atoms with Gasteiger partial charge in [0.05, 0.1) is 12.1 Å². The maximum Gasteiger partial charge on any atom is 0.394 e. The van der Waals surface area contributed by atoms with Crippen molar-refractivity contribution < 1.29 is 27.7 Å². The number of nitrogen functional groups attached to an aromatic ring is 1. The number of nitrogens with one attached hydrogen (secondary N) is 3. The van der Waals surface area contributed by atoms with E-state index in [0.717, 1.165) is 0 Å². The first-order chi connectivity index (χ1) is 9.99. The highest BCUT2D eigenvalue weighted by molar-refractivity contribution is 7.79. The van der Waals surface area contributed by atoms with Crippen molar-refractivity contribution >= 4 is 27.9 Å². The highest BCUT2D eigenvalue weighted by Gasteiger charge is 2.29. The summed E-state index contributed by atoms with van der Waals surface area (Å²) in [6, 6.07) is -0.464. The van der Waals surface area contributed by atoms with Crippen LogP contribution in [0.1, 0.15) is 6.92 Å². The number of aliphatic hydroxyl groups excluding tert-OH is 2. The standard InChI is InChI=1S/C9H15N5O3.H2O4S/c1-3(15)6(16)4-2-11-7-5(12-4)8(17)14-9(10)13-7;1-5(2,3)4/h3-4,6,12,15-16H,2H2,1H3,(H4,10,11,13,14,17);(H2,1,2,3,4)/t3?,4-,6?;/m1./s1. The minimum Gasteiger partial charge on any atom is -0.391 e. The fourth-order valence-corrected chi connectivity index (χ4v) is 1.74. The van der Waals surface area contributed by atoms with Crippen molar-refractivity contribution in [2.45, 2.75) is 25.2 Å². The average molecular weight is 339 g/mol. The lowest BCUT2D eigenvalue weighted by molar-refractivity contribution is 0.0214. The predicted molar refractivity (Wildman–Crippen MR) is 77.0 cm³/mol. The van der Waals surface area contributed by atoms with E-state index < -0.39 is 34.2 Å². The Balaban J connectivity index is 0.000000422. The van der Waals surface area contributed by atoms with Crippen molar-refractivity contribution in [1.29, 1.82) is 0 Å². The molecule has 0 bridgehead atoms. The Kier molecular flexibility index (Phi) is 5.67. The van der Waals surface area contributed by atoms with Crippen LogP contribution in [0.4, 0.5) is 17.5 Å². The molecule has 1 aromatic rings. The van der Waals surface area contributed by atoms with E-state index in [9.17, 15) is 15.0 Å². The van der Waals surface area contributed by atoms with Gasteiger partial charge >= 0.3 is 10.4 Å². The molecule has 2 rings (SSSR count). The lowest BCUT2D eigenvalue weighted by atomic mass is 10.0. The normalized spacial score (nSPS) is 19.6. The minimum absolute atomic E-state index is 0.0255. The Morgan fingerprint density at radius 3 is 2.41 bits per heavy atom. The summed E-state index contributed by atoms with van der Waals surface area (Å²) in [5.41, 5.74) is 5.20. The molecule has 13 heteroatoms. The Labute approximate surface area is 125 Å². The molecule has 0 saturated carbocycles. The van der Waals surface area contributed by atoms with Gasteiger partial charge in [0.1, 0.15) is 11.8 Å². The van der Waals surface area contributed by atoms with E-state index >= 15 is 0 Å². The third-order valence-electron chi connectivity index (χ3n) is 2.66. The van der Waals surface area contributed by atoms with Crippen LogP contribution in [0.25, 0.3) is 0 Å². The van der Waals surface area contributed by atoms with Crippen LogP contribution in [0, 0.1) is 0 Å². The van der Waals surface area contributed by atoms with E-state index in [4.69, 9.17) is 23.3 Å². The molecule has 0 aliphatic carbocycles. The van der Waals surface area contributed by atoms with Crippen LogP contribution in [0.15, 0.2) is 4.79 Å². The number of rotatable bonds is 2. The van der Waals surface area contributed by atoms with Crippen LogP contribution in [0.3, 0.4) is 0 Å². The van der Waals surface area contributed by atoms with Gasteiger partial charge in [0, 0.05) is 6.54 Å². The first-order valence-electron chi connectivity index (χ1n) is 5.95. The van der Waals surface area contributed by atoms with E-state index in [2.05, 4.69) is 20.6 Å². The zero-order valence-corrected chi connectivity index (χ0v) is 12.2. The number of hydrogen-bond acceptors (Lipinski definition) is 9. The predicted octanol–water partition coefficient (Wildman–Crippen LogP) is -2.35. The lowest BCUT2D eigenvalue weighted by Gasteiger charge is -2.31.